The predicted molar refractivity (Wildman–Crippen MR) is 122 cm³/mol. The van der Waals surface area contributed by atoms with Crippen molar-refractivity contribution >= 4 is 23.4 Å². The molecule has 0 amide bonds. The minimum absolute atomic E-state index is 0.506. The SMILES string of the molecule is CC(C)c1cccc(C(C)C)c1[N+]1=CN(c2ccccc2N2CCOCC2)CC1. The van der Waals surface area contributed by atoms with E-state index in [1.165, 1.54) is 28.2 Å². The van der Waals surface area contributed by atoms with Crippen molar-refractivity contribution in [3.8, 4) is 0 Å². The van der Waals surface area contributed by atoms with E-state index in [1.54, 1.807) is 0 Å². The van der Waals surface area contributed by atoms with Gasteiger partial charge < -0.3 is 9.64 Å². The Balaban J connectivity index is 1.72. The normalized spacial score (nSPS) is 17.4. The molecule has 154 valence electrons. The molecule has 2 aliphatic heterocycles. The first-order chi connectivity index (χ1) is 14.1. The number of hydrogen-bond donors (Lipinski definition) is 0. The van der Waals surface area contributed by atoms with Gasteiger partial charge in [0, 0.05) is 24.2 Å². The molecule has 0 radical (unpaired) electrons. The average molecular weight is 393 g/mol. The quantitative estimate of drug-likeness (QED) is 0.670. The molecule has 4 nitrogen and oxygen atoms in total. The molecule has 0 saturated carbocycles. The van der Waals surface area contributed by atoms with Gasteiger partial charge in [0.2, 0.25) is 6.34 Å². The van der Waals surface area contributed by atoms with Crippen LogP contribution in [-0.4, -0.2) is 50.3 Å². The topological polar surface area (TPSA) is 18.7 Å². The number of nitrogens with zero attached hydrogens (tertiary/aromatic N) is 3. The number of rotatable bonds is 5. The van der Waals surface area contributed by atoms with Crippen LogP contribution in [0.1, 0.15) is 50.7 Å². The second kappa shape index (κ2) is 8.58. The molecule has 2 aliphatic rings. The van der Waals surface area contributed by atoms with Crippen LogP contribution < -0.4 is 9.80 Å². The zero-order valence-corrected chi connectivity index (χ0v) is 18.3. The summed E-state index contributed by atoms with van der Waals surface area (Å²) in [6, 6.07) is 15.6. The fraction of sp³-hybridized carbons (Fsp3) is 0.480. The summed E-state index contributed by atoms with van der Waals surface area (Å²) in [6.45, 7) is 14.7. The summed E-state index contributed by atoms with van der Waals surface area (Å²) >= 11 is 0. The molecule has 0 aromatic heterocycles. The largest absolute Gasteiger partial charge is 0.378 e. The van der Waals surface area contributed by atoms with Crippen molar-refractivity contribution in [2.24, 2.45) is 0 Å². The van der Waals surface area contributed by atoms with Crippen LogP contribution in [0, 0.1) is 0 Å². The number of anilines is 2. The van der Waals surface area contributed by atoms with Crippen LogP contribution >= 0.6 is 0 Å². The van der Waals surface area contributed by atoms with Crippen LogP contribution in [0.4, 0.5) is 17.1 Å². The second-order valence-corrected chi connectivity index (χ2v) is 8.68. The summed E-state index contributed by atoms with van der Waals surface area (Å²) in [6.07, 6.45) is 2.33. The summed E-state index contributed by atoms with van der Waals surface area (Å²) in [5.41, 5.74) is 6.90. The van der Waals surface area contributed by atoms with Gasteiger partial charge in [-0.1, -0.05) is 58.0 Å². The van der Waals surface area contributed by atoms with Crippen molar-refractivity contribution in [1.82, 2.24) is 0 Å². The first kappa shape index (κ1) is 20.0. The van der Waals surface area contributed by atoms with E-state index in [9.17, 15) is 0 Å². The molecule has 4 heteroatoms. The van der Waals surface area contributed by atoms with E-state index >= 15 is 0 Å². The number of benzene rings is 2. The van der Waals surface area contributed by atoms with E-state index in [-0.39, 0.29) is 0 Å². The highest BCUT2D eigenvalue weighted by Crippen LogP contribution is 2.36. The van der Waals surface area contributed by atoms with Gasteiger partial charge in [0.1, 0.15) is 24.5 Å². The summed E-state index contributed by atoms with van der Waals surface area (Å²) in [7, 11) is 0. The highest BCUT2D eigenvalue weighted by atomic mass is 16.5. The van der Waals surface area contributed by atoms with Gasteiger partial charge in [-0.15, -0.1) is 0 Å². The Kier molecular flexibility index (Phi) is 5.91. The van der Waals surface area contributed by atoms with Gasteiger partial charge in [0.25, 0.3) is 0 Å². The summed E-state index contributed by atoms with van der Waals surface area (Å²) < 4.78 is 8.03. The van der Waals surface area contributed by atoms with E-state index in [1.807, 2.05) is 0 Å². The van der Waals surface area contributed by atoms with Crippen molar-refractivity contribution in [2.45, 2.75) is 39.5 Å². The van der Waals surface area contributed by atoms with E-state index in [0.717, 1.165) is 39.4 Å². The molecule has 1 saturated heterocycles. The zero-order valence-electron chi connectivity index (χ0n) is 18.3. The first-order valence-corrected chi connectivity index (χ1v) is 11.0. The van der Waals surface area contributed by atoms with Crippen molar-refractivity contribution in [1.29, 1.82) is 0 Å². The lowest BCUT2D eigenvalue weighted by atomic mass is 9.92. The number of morpholine rings is 1. The Labute approximate surface area is 175 Å². The van der Waals surface area contributed by atoms with Crippen LogP contribution in [0.25, 0.3) is 0 Å². The van der Waals surface area contributed by atoms with E-state index in [2.05, 4.69) is 90.9 Å². The minimum Gasteiger partial charge on any atom is -0.378 e. The molecule has 0 aliphatic carbocycles. The highest BCUT2D eigenvalue weighted by molar-refractivity contribution is 5.86. The molecule has 1 fully saturated rings. The Morgan fingerprint density at radius 1 is 0.793 bits per heavy atom. The molecule has 2 aromatic carbocycles. The van der Waals surface area contributed by atoms with Gasteiger partial charge >= 0.3 is 0 Å². The van der Waals surface area contributed by atoms with Crippen molar-refractivity contribution < 1.29 is 9.31 Å². The lowest BCUT2D eigenvalue weighted by Crippen LogP contribution is -2.37. The maximum Gasteiger partial charge on any atom is 0.244 e. The molecule has 0 unspecified atom stereocenters. The molecule has 2 heterocycles. The van der Waals surface area contributed by atoms with Gasteiger partial charge in [-0.3, -0.25) is 0 Å². The maximum atomic E-state index is 5.56. The molecule has 0 atom stereocenters. The smallest absolute Gasteiger partial charge is 0.244 e. The van der Waals surface area contributed by atoms with Crippen LogP contribution in [-0.2, 0) is 4.74 Å². The third-order valence-electron chi connectivity index (χ3n) is 6.03. The van der Waals surface area contributed by atoms with Crippen LogP contribution in [0.3, 0.4) is 0 Å². The Morgan fingerprint density at radius 3 is 2.03 bits per heavy atom. The number of para-hydroxylation sites is 3. The van der Waals surface area contributed by atoms with Crippen molar-refractivity contribution in [2.75, 3.05) is 49.2 Å². The minimum atomic E-state index is 0.506. The number of hydrogen-bond acceptors (Lipinski definition) is 3. The molecule has 2 aromatic rings. The lowest BCUT2D eigenvalue weighted by molar-refractivity contribution is -0.425. The maximum absolute atomic E-state index is 5.56. The van der Waals surface area contributed by atoms with E-state index in [0.29, 0.717) is 11.8 Å². The summed E-state index contributed by atoms with van der Waals surface area (Å²) in [5, 5.41) is 0. The van der Waals surface area contributed by atoms with E-state index < -0.39 is 0 Å². The van der Waals surface area contributed by atoms with Crippen LogP contribution in [0.5, 0.6) is 0 Å². The first-order valence-electron chi connectivity index (χ1n) is 11.0. The molecular formula is C25H34N3O+. The average Bonchev–Trinajstić information content (AvgIpc) is 3.23. The van der Waals surface area contributed by atoms with Crippen molar-refractivity contribution in [3.63, 3.8) is 0 Å². The molecule has 0 bridgehead atoms. The second-order valence-electron chi connectivity index (χ2n) is 8.68. The van der Waals surface area contributed by atoms with Crippen molar-refractivity contribution in [3.05, 3.63) is 53.6 Å². The monoisotopic (exact) mass is 392 g/mol. The predicted octanol–water partition coefficient (Wildman–Crippen LogP) is 4.96. The Bertz CT molecular complexity index is 855. The number of ether oxygens (including phenoxy) is 1. The van der Waals surface area contributed by atoms with Crippen LogP contribution in [0.15, 0.2) is 42.5 Å². The lowest BCUT2D eigenvalue weighted by Gasteiger charge is -2.30. The van der Waals surface area contributed by atoms with Gasteiger partial charge in [0.05, 0.1) is 18.9 Å². The van der Waals surface area contributed by atoms with Gasteiger partial charge in [-0.2, -0.15) is 0 Å². The molecular weight excluding hydrogens is 358 g/mol. The summed E-state index contributed by atoms with van der Waals surface area (Å²) in [5.74, 6) is 1.01. The molecule has 0 N–H and O–H groups in total. The fourth-order valence-electron chi connectivity index (χ4n) is 4.47. The molecule has 4 rings (SSSR count). The van der Waals surface area contributed by atoms with E-state index in [4.69, 9.17) is 4.74 Å². The Morgan fingerprint density at radius 2 is 1.41 bits per heavy atom. The third-order valence-corrected chi connectivity index (χ3v) is 6.03. The Hall–Kier alpha value is -2.33. The molecule has 29 heavy (non-hydrogen) atoms. The molecule has 0 spiro atoms. The van der Waals surface area contributed by atoms with Gasteiger partial charge in [0.15, 0.2) is 0 Å². The van der Waals surface area contributed by atoms with Gasteiger partial charge in [-0.25, -0.2) is 9.48 Å². The third kappa shape index (κ3) is 4.04. The summed E-state index contributed by atoms with van der Waals surface area (Å²) in [4.78, 5) is 4.88. The highest BCUT2D eigenvalue weighted by Gasteiger charge is 2.29. The zero-order chi connectivity index (χ0) is 20.4. The van der Waals surface area contributed by atoms with Gasteiger partial charge in [-0.05, 0) is 24.0 Å². The standard InChI is InChI=1S/C25H34N3O/c1-19(2)21-8-7-9-22(20(3)4)25(21)28-13-12-27(18-28)24-11-6-5-10-23(24)26-14-16-29-17-15-26/h5-11,18-20H,12-17H2,1-4H3/q+1. The fourth-order valence-corrected chi connectivity index (χ4v) is 4.47. The van der Waals surface area contributed by atoms with Crippen LogP contribution in [0.2, 0.25) is 0 Å².